The van der Waals surface area contributed by atoms with Crippen LogP contribution >= 0.6 is 27.3 Å². The van der Waals surface area contributed by atoms with Crippen LogP contribution in [0, 0.1) is 0 Å². The summed E-state index contributed by atoms with van der Waals surface area (Å²) in [5, 5.41) is 8.33. The highest BCUT2D eigenvalue weighted by Crippen LogP contribution is 2.21. The molecule has 0 bridgehead atoms. The Morgan fingerprint density at radius 1 is 1.32 bits per heavy atom. The first-order valence-corrected chi connectivity index (χ1v) is 7.15. The number of para-hydroxylation sites is 1. The van der Waals surface area contributed by atoms with Crippen LogP contribution in [0.2, 0.25) is 0 Å². The van der Waals surface area contributed by atoms with Crippen LogP contribution in [0.15, 0.2) is 51.4 Å². The van der Waals surface area contributed by atoms with Gasteiger partial charge in [0, 0.05) is 4.47 Å². The largest absolute Gasteiger partial charge is 0.437 e. The van der Waals surface area contributed by atoms with Crippen LogP contribution in [0.1, 0.15) is 11.8 Å². The molecule has 0 fully saturated rings. The molecule has 0 spiro atoms. The molecular weight excluding hydrogens is 328 g/mol. The molecule has 0 aliphatic rings. The number of amides is 1. The molecule has 6 heteroatoms. The second-order valence-corrected chi connectivity index (χ2v) is 5.44. The molecule has 98 valence electrons. The van der Waals surface area contributed by atoms with Crippen molar-refractivity contribution < 1.29 is 9.63 Å². The van der Waals surface area contributed by atoms with E-state index in [1.165, 1.54) is 11.3 Å². The maximum atomic E-state index is 11.6. The fourth-order valence-electron chi connectivity index (χ4n) is 1.33. The summed E-state index contributed by atoms with van der Waals surface area (Å²) in [4.78, 5) is 17.4. The molecule has 1 aromatic heterocycles. The molecule has 0 aliphatic carbocycles. The summed E-state index contributed by atoms with van der Waals surface area (Å²) in [6.07, 6.45) is -0.622. The molecule has 1 N–H and O–H groups in total. The van der Waals surface area contributed by atoms with E-state index in [9.17, 15) is 4.79 Å². The topological polar surface area (TPSA) is 50.7 Å². The Hall–Kier alpha value is -1.66. The van der Waals surface area contributed by atoms with E-state index in [-0.39, 0.29) is 0 Å². The van der Waals surface area contributed by atoms with Crippen molar-refractivity contribution in [3.63, 3.8) is 0 Å². The number of carbonyl (C=O) groups is 1. The van der Waals surface area contributed by atoms with Crippen LogP contribution in [-0.4, -0.2) is 11.8 Å². The second-order valence-electron chi connectivity index (χ2n) is 3.64. The number of hydrogen-bond acceptors (Lipinski definition) is 4. The van der Waals surface area contributed by atoms with Crippen molar-refractivity contribution in [3.8, 4) is 0 Å². The van der Waals surface area contributed by atoms with Crippen LogP contribution in [0.25, 0.3) is 0 Å². The molecule has 19 heavy (non-hydrogen) atoms. The highest BCUT2D eigenvalue weighted by atomic mass is 79.9. The number of rotatable bonds is 3. The SMILES string of the molecule is CC(=NOC(=O)Nc1ccccc1Br)c1cccs1. The van der Waals surface area contributed by atoms with Gasteiger partial charge in [-0.2, -0.15) is 0 Å². The van der Waals surface area contributed by atoms with Gasteiger partial charge in [0.25, 0.3) is 0 Å². The Bertz CT molecular complexity index is 596. The van der Waals surface area contributed by atoms with E-state index in [0.717, 1.165) is 9.35 Å². The molecule has 0 radical (unpaired) electrons. The Kier molecular flexibility index (Phi) is 4.70. The maximum absolute atomic E-state index is 11.6. The first-order valence-electron chi connectivity index (χ1n) is 5.48. The monoisotopic (exact) mass is 338 g/mol. The summed E-state index contributed by atoms with van der Waals surface area (Å²) in [5.74, 6) is 0. The van der Waals surface area contributed by atoms with Gasteiger partial charge in [0.05, 0.1) is 16.3 Å². The minimum absolute atomic E-state index is 0.622. The summed E-state index contributed by atoms with van der Waals surface area (Å²) < 4.78 is 0.783. The number of hydrogen-bond donors (Lipinski definition) is 1. The van der Waals surface area contributed by atoms with Gasteiger partial charge in [-0.05, 0) is 46.4 Å². The number of halogens is 1. The maximum Gasteiger partial charge on any atom is 0.437 e. The Balaban J connectivity index is 1.96. The molecule has 0 saturated heterocycles. The van der Waals surface area contributed by atoms with Crippen LogP contribution in [0.3, 0.4) is 0 Å². The molecule has 1 amide bonds. The summed E-state index contributed by atoms with van der Waals surface area (Å²) in [6, 6.07) is 11.1. The van der Waals surface area contributed by atoms with E-state index in [4.69, 9.17) is 4.84 Å². The molecular formula is C13H11BrN2O2S. The van der Waals surface area contributed by atoms with Crippen molar-refractivity contribution in [3.05, 3.63) is 51.1 Å². The third kappa shape index (κ3) is 3.90. The van der Waals surface area contributed by atoms with Crippen LogP contribution < -0.4 is 5.32 Å². The molecule has 1 heterocycles. The van der Waals surface area contributed by atoms with Crippen molar-refractivity contribution in [2.45, 2.75) is 6.92 Å². The van der Waals surface area contributed by atoms with Crippen molar-refractivity contribution in [2.75, 3.05) is 5.32 Å². The number of nitrogens with zero attached hydrogens (tertiary/aromatic N) is 1. The number of nitrogens with one attached hydrogen (secondary N) is 1. The van der Waals surface area contributed by atoms with Gasteiger partial charge in [0.15, 0.2) is 0 Å². The van der Waals surface area contributed by atoms with Gasteiger partial charge < -0.3 is 0 Å². The van der Waals surface area contributed by atoms with E-state index in [2.05, 4.69) is 26.4 Å². The average Bonchev–Trinajstić information content (AvgIpc) is 2.93. The van der Waals surface area contributed by atoms with Crippen LogP contribution in [0.4, 0.5) is 10.5 Å². The van der Waals surface area contributed by atoms with E-state index in [1.807, 2.05) is 35.7 Å². The molecule has 0 saturated carbocycles. The molecule has 0 atom stereocenters. The number of thiophene rings is 1. The number of oxime groups is 1. The number of carbonyl (C=O) groups excluding carboxylic acids is 1. The molecule has 4 nitrogen and oxygen atoms in total. The van der Waals surface area contributed by atoms with Gasteiger partial charge in [-0.1, -0.05) is 23.4 Å². The Morgan fingerprint density at radius 3 is 2.79 bits per heavy atom. The zero-order valence-corrected chi connectivity index (χ0v) is 12.5. The highest BCUT2D eigenvalue weighted by molar-refractivity contribution is 9.10. The van der Waals surface area contributed by atoms with Gasteiger partial charge in [-0.3, -0.25) is 10.2 Å². The minimum Gasteiger partial charge on any atom is -0.297 e. The lowest BCUT2D eigenvalue weighted by Crippen LogP contribution is -2.12. The lowest BCUT2D eigenvalue weighted by atomic mass is 10.3. The van der Waals surface area contributed by atoms with Crippen molar-refractivity contribution in [1.82, 2.24) is 0 Å². The second kappa shape index (κ2) is 6.49. The fourth-order valence-corrected chi connectivity index (χ4v) is 2.39. The van der Waals surface area contributed by atoms with Gasteiger partial charge in [0.1, 0.15) is 0 Å². The molecule has 0 unspecified atom stereocenters. The zero-order chi connectivity index (χ0) is 13.7. The quantitative estimate of drug-likeness (QED) is 0.509. The van der Waals surface area contributed by atoms with E-state index >= 15 is 0 Å². The molecule has 2 rings (SSSR count). The fraction of sp³-hybridized carbons (Fsp3) is 0.0769. The molecule has 0 aliphatic heterocycles. The van der Waals surface area contributed by atoms with E-state index in [0.29, 0.717) is 11.4 Å². The highest BCUT2D eigenvalue weighted by Gasteiger charge is 2.06. The first kappa shape index (κ1) is 13.8. The standard InChI is InChI=1S/C13H11BrN2O2S/c1-9(12-7-4-8-19-12)16-18-13(17)15-11-6-3-2-5-10(11)14/h2-8H,1H3,(H,15,17). The third-order valence-corrected chi connectivity index (χ3v) is 3.92. The van der Waals surface area contributed by atoms with Gasteiger partial charge in [0.2, 0.25) is 0 Å². The van der Waals surface area contributed by atoms with Gasteiger partial charge in [-0.25, -0.2) is 4.79 Å². The number of anilines is 1. The Morgan fingerprint density at radius 2 is 2.11 bits per heavy atom. The molecule has 1 aromatic carbocycles. The average molecular weight is 339 g/mol. The van der Waals surface area contributed by atoms with E-state index < -0.39 is 6.09 Å². The summed E-state index contributed by atoms with van der Waals surface area (Å²) >= 11 is 4.87. The predicted molar refractivity (Wildman–Crippen MR) is 80.8 cm³/mol. The summed E-state index contributed by atoms with van der Waals surface area (Å²) in [7, 11) is 0. The van der Waals surface area contributed by atoms with E-state index in [1.54, 1.807) is 13.0 Å². The summed E-state index contributed by atoms with van der Waals surface area (Å²) in [6.45, 7) is 1.79. The van der Waals surface area contributed by atoms with Crippen molar-refractivity contribution >= 4 is 44.8 Å². The van der Waals surface area contributed by atoms with Crippen molar-refractivity contribution in [1.29, 1.82) is 0 Å². The predicted octanol–water partition coefficient (Wildman–Crippen LogP) is 4.48. The van der Waals surface area contributed by atoms with Crippen LogP contribution in [-0.2, 0) is 4.84 Å². The zero-order valence-electron chi connectivity index (χ0n) is 10.1. The first-order chi connectivity index (χ1) is 9.16. The van der Waals surface area contributed by atoms with Gasteiger partial charge >= 0.3 is 6.09 Å². The summed E-state index contributed by atoms with van der Waals surface area (Å²) in [5.41, 5.74) is 1.30. The third-order valence-electron chi connectivity index (χ3n) is 2.25. The minimum atomic E-state index is -0.622. The van der Waals surface area contributed by atoms with Crippen molar-refractivity contribution in [2.24, 2.45) is 5.16 Å². The lowest BCUT2D eigenvalue weighted by molar-refractivity contribution is 0.166. The van der Waals surface area contributed by atoms with Crippen LogP contribution in [0.5, 0.6) is 0 Å². The number of benzene rings is 1. The van der Waals surface area contributed by atoms with Gasteiger partial charge in [-0.15, -0.1) is 11.3 Å². The normalized spacial score (nSPS) is 11.2. The Labute approximate surface area is 123 Å². The molecule has 2 aromatic rings. The lowest BCUT2D eigenvalue weighted by Gasteiger charge is -2.04. The smallest absolute Gasteiger partial charge is 0.297 e.